The summed E-state index contributed by atoms with van der Waals surface area (Å²) < 4.78 is 6.91. The highest BCUT2D eigenvalue weighted by Gasteiger charge is 2.27. The minimum absolute atomic E-state index is 0. The monoisotopic (exact) mass is 438 g/mol. The second-order valence-corrected chi connectivity index (χ2v) is 8.59. The number of benzene rings is 1. The molecule has 3 heterocycles. The predicted molar refractivity (Wildman–Crippen MR) is 118 cm³/mol. The summed E-state index contributed by atoms with van der Waals surface area (Å²) in [5.74, 6) is 1.68. The van der Waals surface area contributed by atoms with E-state index in [1.165, 1.54) is 24.2 Å². The van der Waals surface area contributed by atoms with Crippen molar-refractivity contribution in [1.82, 2.24) is 10.2 Å². The highest BCUT2D eigenvalue weighted by Crippen LogP contribution is 2.36. The van der Waals surface area contributed by atoms with Gasteiger partial charge in [0, 0.05) is 16.6 Å². The number of fused-ring (bicyclic) bond motifs is 1. The van der Waals surface area contributed by atoms with Gasteiger partial charge in [-0.05, 0) is 63.5 Å². The molecule has 1 N–H and O–H groups in total. The molecule has 1 aromatic carbocycles. The number of furan rings is 1. The molecule has 4 nitrogen and oxygen atoms in total. The van der Waals surface area contributed by atoms with Crippen molar-refractivity contribution >= 4 is 51.3 Å². The average Bonchev–Trinajstić information content (AvgIpc) is 3.37. The fourth-order valence-electron chi connectivity index (χ4n) is 3.68. The summed E-state index contributed by atoms with van der Waals surface area (Å²) in [5.41, 5.74) is 1.16. The van der Waals surface area contributed by atoms with Gasteiger partial charge in [0.25, 0.3) is 5.91 Å². The molecule has 1 aliphatic rings. The molecule has 1 unspecified atom stereocenters. The van der Waals surface area contributed by atoms with Crippen molar-refractivity contribution < 1.29 is 9.21 Å². The number of hydrogen-bond acceptors (Lipinski definition) is 4. The molecule has 4 rings (SSSR count). The minimum Gasteiger partial charge on any atom is -0.465 e. The summed E-state index contributed by atoms with van der Waals surface area (Å²) in [4.78, 5) is 15.8. The Bertz CT molecular complexity index is 976. The zero-order chi connectivity index (χ0) is 19.0. The summed E-state index contributed by atoms with van der Waals surface area (Å²) >= 11 is 7.94. The van der Waals surface area contributed by atoms with E-state index in [9.17, 15) is 4.79 Å². The van der Waals surface area contributed by atoms with Gasteiger partial charge < -0.3 is 9.73 Å². The van der Waals surface area contributed by atoms with Gasteiger partial charge in [-0.25, -0.2) is 0 Å². The Morgan fingerprint density at radius 2 is 2.00 bits per heavy atom. The van der Waals surface area contributed by atoms with Crippen molar-refractivity contribution in [3.8, 4) is 0 Å². The van der Waals surface area contributed by atoms with Crippen LogP contribution < -0.4 is 5.32 Å². The van der Waals surface area contributed by atoms with Crippen molar-refractivity contribution in [3.05, 3.63) is 57.3 Å². The van der Waals surface area contributed by atoms with Crippen molar-refractivity contribution in [3.63, 3.8) is 0 Å². The lowest BCUT2D eigenvalue weighted by Gasteiger charge is -2.26. The number of nitrogens with one attached hydrogen (secondary N) is 1. The Kier molecular flexibility index (Phi) is 6.71. The van der Waals surface area contributed by atoms with Gasteiger partial charge >= 0.3 is 0 Å². The maximum Gasteiger partial charge on any atom is 0.263 e. The van der Waals surface area contributed by atoms with Crippen LogP contribution in [0.4, 0.5) is 0 Å². The molecular weight excluding hydrogens is 415 g/mol. The van der Waals surface area contributed by atoms with E-state index in [4.69, 9.17) is 16.0 Å². The Hall–Kier alpha value is -1.53. The molecule has 1 amide bonds. The number of likely N-dealkylation sites (tertiary alicyclic amines) is 1. The van der Waals surface area contributed by atoms with E-state index in [1.807, 2.05) is 38.1 Å². The molecule has 150 valence electrons. The summed E-state index contributed by atoms with van der Waals surface area (Å²) in [7, 11) is 0. The van der Waals surface area contributed by atoms with Crippen molar-refractivity contribution in [2.45, 2.75) is 32.7 Å². The fourth-order valence-corrected chi connectivity index (χ4v) is 5.22. The van der Waals surface area contributed by atoms with E-state index in [0.717, 1.165) is 40.3 Å². The molecule has 0 radical (unpaired) electrons. The number of halogens is 2. The van der Waals surface area contributed by atoms with Gasteiger partial charge in [0.1, 0.15) is 16.4 Å². The standard InChI is InChI=1S/C21H23ClN2O2S.ClH/c1-13-5-7-15-18(11-13)27-20(19(15)22)21(25)23-12-16(24-9-3-4-10-24)17-8-6-14(2)26-17;/h5-8,11,16H,3-4,9-10,12H2,1-2H3,(H,23,25);1H. The van der Waals surface area contributed by atoms with Crippen molar-refractivity contribution in [2.24, 2.45) is 0 Å². The summed E-state index contributed by atoms with van der Waals surface area (Å²) in [6, 6.07) is 10.1. The summed E-state index contributed by atoms with van der Waals surface area (Å²) in [6.45, 7) is 6.56. The van der Waals surface area contributed by atoms with Gasteiger partial charge in [0.15, 0.2) is 0 Å². The lowest BCUT2D eigenvalue weighted by Crippen LogP contribution is -2.36. The lowest BCUT2D eigenvalue weighted by molar-refractivity contribution is 0.0938. The minimum atomic E-state index is -0.119. The molecule has 7 heteroatoms. The second-order valence-electron chi connectivity index (χ2n) is 7.16. The smallest absolute Gasteiger partial charge is 0.263 e. The molecular formula is C21H24Cl2N2O2S. The molecule has 0 aliphatic carbocycles. The van der Waals surface area contributed by atoms with Crippen molar-refractivity contribution in [2.75, 3.05) is 19.6 Å². The van der Waals surface area contributed by atoms with Crippen LogP contribution in [-0.4, -0.2) is 30.4 Å². The molecule has 3 aromatic rings. The number of aryl methyl sites for hydroxylation is 2. The van der Waals surface area contributed by atoms with Crippen LogP contribution >= 0.6 is 35.3 Å². The van der Waals surface area contributed by atoms with Gasteiger partial charge in [0.05, 0.1) is 11.1 Å². The van der Waals surface area contributed by atoms with Gasteiger partial charge in [-0.3, -0.25) is 9.69 Å². The zero-order valence-corrected chi connectivity index (χ0v) is 18.3. The quantitative estimate of drug-likeness (QED) is 0.550. The van der Waals surface area contributed by atoms with E-state index in [0.29, 0.717) is 16.4 Å². The third kappa shape index (κ3) is 4.23. The third-order valence-corrected chi connectivity index (χ3v) is 6.77. The molecule has 1 atom stereocenters. The Balaban J connectivity index is 0.00000225. The first-order chi connectivity index (χ1) is 13.0. The Morgan fingerprint density at radius 1 is 1.25 bits per heavy atom. The number of hydrogen-bond donors (Lipinski definition) is 1. The Labute approximate surface area is 180 Å². The third-order valence-electron chi connectivity index (χ3n) is 5.12. The van der Waals surface area contributed by atoms with Gasteiger partial charge in [-0.1, -0.05) is 23.7 Å². The van der Waals surface area contributed by atoms with Crippen LogP contribution in [0.3, 0.4) is 0 Å². The van der Waals surface area contributed by atoms with Crippen LogP contribution in [0.15, 0.2) is 34.7 Å². The van der Waals surface area contributed by atoms with Crippen molar-refractivity contribution in [1.29, 1.82) is 0 Å². The highest BCUT2D eigenvalue weighted by molar-refractivity contribution is 7.21. The van der Waals surface area contributed by atoms with E-state index in [-0.39, 0.29) is 24.4 Å². The normalized spacial score (nSPS) is 15.5. The molecule has 0 bridgehead atoms. The predicted octanol–water partition coefficient (Wildman–Crippen LogP) is 5.75. The first-order valence-electron chi connectivity index (χ1n) is 9.30. The highest BCUT2D eigenvalue weighted by atomic mass is 35.5. The van der Waals surface area contributed by atoms with Gasteiger partial charge in [-0.15, -0.1) is 23.7 Å². The van der Waals surface area contributed by atoms with Crippen LogP contribution in [0.2, 0.25) is 5.02 Å². The lowest BCUT2D eigenvalue weighted by atomic mass is 10.2. The number of carbonyl (C=O) groups is 1. The van der Waals surface area contributed by atoms with E-state index >= 15 is 0 Å². The number of thiophene rings is 1. The molecule has 1 saturated heterocycles. The molecule has 0 spiro atoms. The maximum atomic E-state index is 12.8. The molecule has 1 fully saturated rings. The number of carbonyl (C=O) groups excluding carboxylic acids is 1. The van der Waals surface area contributed by atoms with Crippen LogP contribution in [0.5, 0.6) is 0 Å². The van der Waals surface area contributed by atoms with Crippen LogP contribution in [0, 0.1) is 13.8 Å². The SMILES string of the molecule is Cc1ccc2c(Cl)c(C(=O)NCC(c3ccc(C)o3)N3CCCC3)sc2c1.Cl. The van der Waals surface area contributed by atoms with Gasteiger partial charge in [0.2, 0.25) is 0 Å². The second kappa shape index (κ2) is 8.87. The molecule has 2 aromatic heterocycles. The molecule has 1 aliphatic heterocycles. The van der Waals surface area contributed by atoms with Crippen LogP contribution in [-0.2, 0) is 0 Å². The Morgan fingerprint density at radius 3 is 2.68 bits per heavy atom. The largest absolute Gasteiger partial charge is 0.465 e. The zero-order valence-electron chi connectivity index (χ0n) is 16.0. The summed E-state index contributed by atoms with van der Waals surface area (Å²) in [5, 5.41) is 4.57. The van der Waals surface area contributed by atoms with Gasteiger partial charge in [-0.2, -0.15) is 0 Å². The first kappa shape index (κ1) is 21.2. The molecule has 0 saturated carbocycles. The first-order valence-corrected chi connectivity index (χ1v) is 10.5. The molecule has 28 heavy (non-hydrogen) atoms. The fraction of sp³-hybridized carbons (Fsp3) is 0.381. The van der Waals surface area contributed by atoms with E-state index in [2.05, 4.69) is 16.3 Å². The van der Waals surface area contributed by atoms with E-state index in [1.54, 1.807) is 0 Å². The number of rotatable bonds is 5. The summed E-state index contributed by atoms with van der Waals surface area (Å²) in [6.07, 6.45) is 2.37. The van der Waals surface area contributed by atoms with E-state index < -0.39 is 0 Å². The number of amides is 1. The van der Waals surface area contributed by atoms with Crippen LogP contribution in [0.1, 0.15) is 45.6 Å². The average molecular weight is 439 g/mol. The topological polar surface area (TPSA) is 45.5 Å². The number of nitrogens with zero attached hydrogens (tertiary/aromatic N) is 1. The van der Waals surface area contributed by atoms with Crippen LogP contribution in [0.25, 0.3) is 10.1 Å². The maximum absolute atomic E-state index is 12.8.